The van der Waals surface area contributed by atoms with E-state index in [-0.39, 0.29) is 5.91 Å². The number of amides is 1. The van der Waals surface area contributed by atoms with Crippen molar-refractivity contribution in [3.05, 3.63) is 65.2 Å². The summed E-state index contributed by atoms with van der Waals surface area (Å²) in [7, 11) is 4.04. The van der Waals surface area contributed by atoms with Crippen LogP contribution in [0.2, 0.25) is 0 Å². The number of rotatable bonds is 3. The Bertz CT molecular complexity index is 661. The number of anilines is 1. The van der Waals surface area contributed by atoms with Crippen LogP contribution in [0.1, 0.15) is 16.7 Å². The summed E-state index contributed by atoms with van der Waals surface area (Å²) in [5.41, 5.74) is 4.89. The van der Waals surface area contributed by atoms with Crippen molar-refractivity contribution in [2.45, 2.75) is 19.4 Å². The van der Waals surface area contributed by atoms with E-state index in [0.717, 1.165) is 30.8 Å². The van der Waals surface area contributed by atoms with Gasteiger partial charge in [-0.05, 0) is 35.2 Å². The Labute approximate surface area is 132 Å². The molecule has 1 amide bonds. The summed E-state index contributed by atoms with van der Waals surface area (Å²) < 4.78 is 0. The molecule has 0 fully saturated rings. The molecule has 0 unspecified atom stereocenters. The second kappa shape index (κ2) is 6.22. The van der Waals surface area contributed by atoms with Gasteiger partial charge >= 0.3 is 0 Å². The maximum atomic E-state index is 12.5. The lowest BCUT2D eigenvalue weighted by Gasteiger charge is -2.29. The lowest BCUT2D eigenvalue weighted by molar-refractivity contribution is -0.131. The maximum absolute atomic E-state index is 12.5. The molecule has 0 aromatic heterocycles. The first-order valence-electron chi connectivity index (χ1n) is 7.74. The number of carbonyl (C=O) groups excluding carboxylic acids is 1. The van der Waals surface area contributed by atoms with Gasteiger partial charge in [0.25, 0.3) is 0 Å². The largest absolute Gasteiger partial charge is 0.378 e. The Morgan fingerprint density at radius 1 is 1.05 bits per heavy atom. The summed E-state index contributed by atoms with van der Waals surface area (Å²) in [5.74, 6) is 0.215. The Hall–Kier alpha value is -2.29. The third-order valence-corrected chi connectivity index (χ3v) is 4.29. The lowest BCUT2D eigenvalue weighted by Crippen LogP contribution is -2.36. The highest BCUT2D eigenvalue weighted by molar-refractivity contribution is 5.79. The molecule has 0 spiro atoms. The maximum Gasteiger partial charge on any atom is 0.227 e. The molecule has 2 aromatic carbocycles. The first kappa shape index (κ1) is 14.6. The van der Waals surface area contributed by atoms with Crippen molar-refractivity contribution in [3.8, 4) is 0 Å². The summed E-state index contributed by atoms with van der Waals surface area (Å²) in [6, 6.07) is 16.6. The Balaban J connectivity index is 1.65. The van der Waals surface area contributed by atoms with Crippen LogP contribution in [0.15, 0.2) is 48.5 Å². The third kappa shape index (κ3) is 3.14. The van der Waals surface area contributed by atoms with Crippen molar-refractivity contribution in [1.29, 1.82) is 0 Å². The van der Waals surface area contributed by atoms with Crippen molar-refractivity contribution < 1.29 is 4.79 Å². The molecule has 1 aliphatic rings. The molecule has 0 radical (unpaired) electrons. The van der Waals surface area contributed by atoms with Gasteiger partial charge in [-0.15, -0.1) is 0 Å². The molecular weight excluding hydrogens is 272 g/mol. The second-order valence-electron chi connectivity index (χ2n) is 6.07. The fourth-order valence-corrected chi connectivity index (χ4v) is 2.91. The smallest absolute Gasteiger partial charge is 0.227 e. The molecule has 1 aliphatic heterocycles. The SMILES string of the molecule is CN(C)c1ccc(CC(=O)N2CCc3ccccc3C2)cc1. The van der Waals surface area contributed by atoms with Gasteiger partial charge in [-0.25, -0.2) is 0 Å². The van der Waals surface area contributed by atoms with E-state index >= 15 is 0 Å². The molecule has 3 nitrogen and oxygen atoms in total. The van der Waals surface area contributed by atoms with E-state index in [0.29, 0.717) is 6.42 Å². The van der Waals surface area contributed by atoms with Crippen LogP contribution in [0.25, 0.3) is 0 Å². The van der Waals surface area contributed by atoms with Gasteiger partial charge in [-0.1, -0.05) is 36.4 Å². The van der Waals surface area contributed by atoms with Crippen LogP contribution in [-0.2, 0) is 24.2 Å². The Kier molecular flexibility index (Phi) is 4.14. The van der Waals surface area contributed by atoms with Crippen LogP contribution in [0.3, 0.4) is 0 Å². The van der Waals surface area contributed by atoms with Gasteiger partial charge in [0.05, 0.1) is 6.42 Å². The predicted molar refractivity (Wildman–Crippen MR) is 90.0 cm³/mol. The van der Waals surface area contributed by atoms with E-state index in [1.54, 1.807) is 0 Å². The summed E-state index contributed by atoms with van der Waals surface area (Å²) in [5, 5.41) is 0. The molecular formula is C19H22N2O. The van der Waals surface area contributed by atoms with Gasteiger partial charge in [-0.3, -0.25) is 4.79 Å². The van der Waals surface area contributed by atoms with Crippen LogP contribution >= 0.6 is 0 Å². The average Bonchev–Trinajstić information content (AvgIpc) is 2.55. The van der Waals surface area contributed by atoms with E-state index in [4.69, 9.17) is 0 Å². The van der Waals surface area contributed by atoms with Crippen LogP contribution in [0.4, 0.5) is 5.69 Å². The monoisotopic (exact) mass is 294 g/mol. The highest BCUT2D eigenvalue weighted by Gasteiger charge is 2.20. The summed E-state index contributed by atoms with van der Waals surface area (Å²) >= 11 is 0. The molecule has 0 aliphatic carbocycles. The van der Waals surface area contributed by atoms with Gasteiger partial charge < -0.3 is 9.80 Å². The molecule has 1 heterocycles. The minimum atomic E-state index is 0.215. The minimum Gasteiger partial charge on any atom is -0.378 e. The molecule has 0 bridgehead atoms. The molecule has 0 saturated heterocycles. The number of hydrogen-bond acceptors (Lipinski definition) is 2. The van der Waals surface area contributed by atoms with Crippen molar-refractivity contribution in [2.75, 3.05) is 25.5 Å². The first-order valence-corrected chi connectivity index (χ1v) is 7.74. The molecule has 0 N–H and O–H groups in total. The molecule has 2 aromatic rings. The van der Waals surface area contributed by atoms with E-state index in [2.05, 4.69) is 35.2 Å². The molecule has 0 saturated carbocycles. The number of fused-ring (bicyclic) bond motifs is 1. The third-order valence-electron chi connectivity index (χ3n) is 4.29. The number of hydrogen-bond donors (Lipinski definition) is 0. The molecule has 3 heteroatoms. The normalized spacial score (nSPS) is 13.6. The predicted octanol–water partition coefficient (Wildman–Crippen LogP) is 2.88. The van der Waals surface area contributed by atoms with Crippen molar-refractivity contribution >= 4 is 11.6 Å². The highest BCUT2D eigenvalue weighted by atomic mass is 16.2. The van der Waals surface area contributed by atoms with Crippen molar-refractivity contribution in [1.82, 2.24) is 4.90 Å². The number of carbonyl (C=O) groups is 1. The second-order valence-corrected chi connectivity index (χ2v) is 6.07. The quantitative estimate of drug-likeness (QED) is 0.869. The lowest BCUT2D eigenvalue weighted by atomic mass is 9.99. The van der Waals surface area contributed by atoms with E-state index < -0.39 is 0 Å². The van der Waals surface area contributed by atoms with Gasteiger partial charge in [0.1, 0.15) is 0 Å². The fraction of sp³-hybridized carbons (Fsp3) is 0.316. The molecule has 3 rings (SSSR count). The van der Waals surface area contributed by atoms with Crippen molar-refractivity contribution in [3.63, 3.8) is 0 Å². The standard InChI is InChI=1S/C19H22N2O/c1-20(2)18-9-7-15(8-10-18)13-19(22)21-12-11-16-5-3-4-6-17(16)14-21/h3-10H,11-14H2,1-2H3. The minimum absolute atomic E-state index is 0.215. The zero-order valence-corrected chi connectivity index (χ0v) is 13.2. The van der Waals surface area contributed by atoms with Crippen molar-refractivity contribution in [2.24, 2.45) is 0 Å². The summed E-state index contributed by atoms with van der Waals surface area (Å²) in [6.45, 7) is 1.57. The van der Waals surface area contributed by atoms with E-state index in [1.165, 1.54) is 11.1 Å². The van der Waals surface area contributed by atoms with Gasteiger partial charge in [0.15, 0.2) is 0 Å². The van der Waals surface area contributed by atoms with Crippen LogP contribution in [0, 0.1) is 0 Å². The van der Waals surface area contributed by atoms with E-state index in [9.17, 15) is 4.79 Å². The number of nitrogens with zero attached hydrogens (tertiary/aromatic N) is 2. The molecule has 114 valence electrons. The van der Waals surface area contributed by atoms with Gasteiger partial charge in [-0.2, -0.15) is 0 Å². The zero-order valence-electron chi connectivity index (χ0n) is 13.2. The average molecular weight is 294 g/mol. The highest BCUT2D eigenvalue weighted by Crippen LogP contribution is 2.20. The van der Waals surface area contributed by atoms with Gasteiger partial charge in [0.2, 0.25) is 5.91 Å². The Morgan fingerprint density at radius 2 is 1.73 bits per heavy atom. The topological polar surface area (TPSA) is 23.6 Å². The first-order chi connectivity index (χ1) is 10.6. The van der Waals surface area contributed by atoms with Crippen LogP contribution in [0.5, 0.6) is 0 Å². The van der Waals surface area contributed by atoms with Gasteiger partial charge in [0, 0.05) is 32.9 Å². The van der Waals surface area contributed by atoms with E-state index in [1.807, 2.05) is 37.2 Å². The summed E-state index contributed by atoms with van der Waals surface area (Å²) in [6.07, 6.45) is 1.44. The summed E-state index contributed by atoms with van der Waals surface area (Å²) in [4.78, 5) is 16.5. The molecule has 0 atom stereocenters. The Morgan fingerprint density at radius 3 is 2.41 bits per heavy atom. The van der Waals surface area contributed by atoms with Crippen LogP contribution < -0.4 is 4.90 Å². The van der Waals surface area contributed by atoms with Crippen LogP contribution in [-0.4, -0.2) is 31.4 Å². The zero-order chi connectivity index (χ0) is 15.5. The molecule has 22 heavy (non-hydrogen) atoms. The number of benzene rings is 2. The fourth-order valence-electron chi connectivity index (χ4n) is 2.91.